The van der Waals surface area contributed by atoms with Gasteiger partial charge in [-0.2, -0.15) is 0 Å². The molecule has 1 N–H and O–H groups in total. The number of hydrogen-bond acceptors (Lipinski definition) is 2. The number of hydrogen-bond donors (Lipinski definition) is 1. The van der Waals surface area contributed by atoms with E-state index in [0.29, 0.717) is 5.88 Å². The van der Waals surface area contributed by atoms with Gasteiger partial charge in [0.25, 0.3) is 0 Å². The third-order valence-electron chi connectivity index (χ3n) is 4.13. The fraction of sp³-hybridized carbons (Fsp3) is 0.105. The molecule has 0 saturated carbocycles. The van der Waals surface area contributed by atoms with Gasteiger partial charge in [-0.3, -0.25) is 0 Å². The van der Waals surface area contributed by atoms with E-state index in [-0.39, 0.29) is 0 Å². The van der Waals surface area contributed by atoms with Crippen LogP contribution in [0.2, 0.25) is 0 Å². The molecule has 2 heterocycles. The lowest BCUT2D eigenvalue weighted by Crippen LogP contribution is -2.38. The van der Waals surface area contributed by atoms with Crippen molar-refractivity contribution in [1.82, 2.24) is 4.98 Å². The number of para-hydroxylation sites is 2. The van der Waals surface area contributed by atoms with Gasteiger partial charge in [-0.05, 0) is 23.8 Å². The standard InChI is InChI=1S/C19H15ClN2/c20-13-19(12-11-15-6-2-4-8-17(15)22-19)18-10-9-14-5-1-3-7-16(14)21-18/h1-12,22H,13H2. The van der Waals surface area contributed by atoms with Crippen LogP contribution in [-0.4, -0.2) is 10.9 Å². The summed E-state index contributed by atoms with van der Waals surface area (Å²) < 4.78 is 0. The molecule has 2 aromatic carbocycles. The summed E-state index contributed by atoms with van der Waals surface area (Å²) in [6, 6.07) is 20.5. The normalized spacial score (nSPS) is 19.7. The van der Waals surface area contributed by atoms with Crippen molar-refractivity contribution in [2.24, 2.45) is 0 Å². The number of anilines is 1. The molecule has 1 unspecified atom stereocenters. The van der Waals surface area contributed by atoms with E-state index in [1.54, 1.807) is 0 Å². The second-order valence-electron chi connectivity index (χ2n) is 5.54. The minimum absolute atomic E-state index is 0.420. The van der Waals surface area contributed by atoms with Crippen LogP contribution in [-0.2, 0) is 5.54 Å². The Labute approximate surface area is 134 Å². The van der Waals surface area contributed by atoms with E-state index in [0.717, 1.165) is 22.3 Å². The van der Waals surface area contributed by atoms with Crippen molar-refractivity contribution in [1.29, 1.82) is 0 Å². The van der Waals surface area contributed by atoms with Crippen molar-refractivity contribution in [3.63, 3.8) is 0 Å². The Bertz CT molecular complexity index is 872. The molecule has 0 amide bonds. The van der Waals surface area contributed by atoms with Gasteiger partial charge in [-0.15, -0.1) is 11.6 Å². The van der Waals surface area contributed by atoms with Gasteiger partial charge in [0, 0.05) is 11.1 Å². The van der Waals surface area contributed by atoms with Crippen molar-refractivity contribution >= 4 is 34.3 Å². The summed E-state index contributed by atoms with van der Waals surface area (Å²) >= 11 is 6.34. The number of fused-ring (bicyclic) bond motifs is 2. The maximum absolute atomic E-state index is 6.34. The Morgan fingerprint density at radius 3 is 2.68 bits per heavy atom. The highest BCUT2D eigenvalue weighted by molar-refractivity contribution is 6.19. The summed E-state index contributed by atoms with van der Waals surface area (Å²) in [5.41, 5.74) is 3.70. The summed E-state index contributed by atoms with van der Waals surface area (Å²) in [7, 11) is 0. The van der Waals surface area contributed by atoms with Crippen LogP contribution in [0.5, 0.6) is 0 Å². The SMILES string of the molecule is ClCC1(c2ccc3ccccc3n2)C=Cc2ccccc2N1. The lowest BCUT2D eigenvalue weighted by atomic mass is 9.90. The summed E-state index contributed by atoms with van der Waals surface area (Å²) in [4.78, 5) is 4.82. The smallest absolute Gasteiger partial charge is 0.112 e. The van der Waals surface area contributed by atoms with Crippen molar-refractivity contribution < 1.29 is 0 Å². The number of halogens is 1. The number of aromatic nitrogens is 1. The molecule has 0 aliphatic carbocycles. The van der Waals surface area contributed by atoms with Crippen molar-refractivity contribution in [2.45, 2.75) is 5.54 Å². The quantitative estimate of drug-likeness (QED) is 0.687. The summed E-state index contributed by atoms with van der Waals surface area (Å²) in [6.45, 7) is 0. The molecule has 2 nitrogen and oxygen atoms in total. The Morgan fingerprint density at radius 2 is 1.77 bits per heavy atom. The molecule has 22 heavy (non-hydrogen) atoms. The Kier molecular flexibility index (Phi) is 3.12. The highest BCUT2D eigenvalue weighted by Crippen LogP contribution is 2.35. The molecule has 0 spiro atoms. The van der Waals surface area contributed by atoms with Gasteiger partial charge < -0.3 is 5.32 Å². The van der Waals surface area contributed by atoms with E-state index in [1.807, 2.05) is 30.3 Å². The van der Waals surface area contributed by atoms with E-state index >= 15 is 0 Å². The molecule has 108 valence electrons. The third-order valence-corrected chi connectivity index (χ3v) is 4.55. The molecule has 0 saturated heterocycles. The number of nitrogens with one attached hydrogen (secondary N) is 1. The summed E-state index contributed by atoms with van der Waals surface area (Å²) in [5, 5.41) is 4.70. The lowest BCUT2D eigenvalue weighted by molar-refractivity contribution is 0.672. The first-order valence-corrected chi connectivity index (χ1v) is 7.83. The van der Waals surface area contributed by atoms with Gasteiger partial charge in [-0.25, -0.2) is 4.98 Å². The second kappa shape index (κ2) is 5.15. The molecule has 1 aliphatic heterocycles. The van der Waals surface area contributed by atoms with Crippen LogP contribution < -0.4 is 5.32 Å². The summed E-state index contributed by atoms with van der Waals surface area (Å²) in [6.07, 6.45) is 4.23. The summed E-state index contributed by atoms with van der Waals surface area (Å²) in [5.74, 6) is 0.420. The van der Waals surface area contributed by atoms with Crippen LogP contribution in [0, 0.1) is 0 Å². The minimum atomic E-state index is -0.472. The van der Waals surface area contributed by atoms with Gasteiger partial charge >= 0.3 is 0 Å². The van der Waals surface area contributed by atoms with Crippen molar-refractivity contribution in [3.05, 3.63) is 78.0 Å². The Balaban J connectivity index is 1.84. The fourth-order valence-electron chi connectivity index (χ4n) is 2.88. The van der Waals surface area contributed by atoms with E-state index in [2.05, 4.69) is 47.8 Å². The molecule has 0 bridgehead atoms. The third kappa shape index (κ3) is 2.08. The average molecular weight is 307 g/mol. The molecule has 1 aromatic heterocycles. The van der Waals surface area contributed by atoms with E-state index in [4.69, 9.17) is 16.6 Å². The molecule has 0 radical (unpaired) electrons. The zero-order valence-electron chi connectivity index (χ0n) is 12.0. The monoisotopic (exact) mass is 306 g/mol. The molecular formula is C19H15ClN2. The van der Waals surface area contributed by atoms with Crippen molar-refractivity contribution in [2.75, 3.05) is 11.2 Å². The van der Waals surface area contributed by atoms with Crippen LogP contribution in [0.1, 0.15) is 11.3 Å². The molecule has 1 atom stereocenters. The number of rotatable bonds is 2. The van der Waals surface area contributed by atoms with Gasteiger partial charge in [0.1, 0.15) is 5.54 Å². The highest BCUT2D eigenvalue weighted by atomic mass is 35.5. The zero-order chi connectivity index (χ0) is 15.0. The predicted molar refractivity (Wildman–Crippen MR) is 93.2 cm³/mol. The molecule has 0 fully saturated rings. The first-order chi connectivity index (χ1) is 10.8. The van der Waals surface area contributed by atoms with Crippen LogP contribution in [0.15, 0.2) is 66.7 Å². The predicted octanol–water partition coefficient (Wildman–Crippen LogP) is 4.81. The lowest BCUT2D eigenvalue weighted by Gasteiger charge is -2.34. The molecular weight excluding hydrogens is 292 g/mol. The fourth-order valence-corrected chi connectivity index (χ4v) is 3.17. The van der Waals surface area contributed by atoms with E-state index in [1.165, 1.54) is 5.56 Å². The maximum Gasteiger partial charge on any atom is 0.112 e. The largest absolute Gasteiger partial charge is 0.369 e. The Hall–Kier alpha value is -2.32. The maximum atomic E-state index is 6.34. The van der Waals surface area contributed by atoms with Gasteiger partial charge in [0.2, 0.25) is 0 Å². The topological polar surface area (TPSA) is 24.9 Å². The highest BCUT2D eigenvalue weighted by Gasteiger charge is 2.33. The first kappa shape index (κ1) is 13.4. The van der Waals surface area contributed by atoms with Gasteiger partial charge in [0.05, 0.1) is 17.1 Å². The number of alkyl halides is 1. The number of benzene rings is 2. The van der Waals surface area contributed by atoms with Crippen LogP contribution in [0.4, 0.5) is 5.69 Å². The molecule has 1 aliphatic rings. The Morgan fingerprint density at radius 1 is 0.955 bits per heavy atom. The molecule has 3 heteroatoms. The second-order valence-corrected chi connectivity index (χ2v) is 5.81. The van der Waals surface area contributed by atoms with Crippen molar-refractivity contribution in [3.8, 4) is 0 Å². The number of pyridine rings is 1. The van der Waals surface area contributed by atoms with E-state index < -0.39 is 5.54 Å². The van der Waals surface area contributed by atoms with Gasteiger partial charge in [0.15, 0.2) is 0 Å². The first-order valence-electron chi connectivity index (χ1n) is 7.29. The van der Waals surface area contributed by atoms with Gasteiger partial charge in [-0.1, -0.05) is 54.6 Å². The van der Waals surface area contributed by atoms with Crippen LogP contribution in [0.25, 0.3) is 17.0 Å². The van der Waals surface area contributed by atoms with Crippen LogP contribution >= 0.6 is 11.6 Å². The number of nitrogens with zero attached hydrogens (tertiary/aromatic N) is 1. The van der Waals surface area contributed by atoms with E-state index in [9.17, 15) is 0 Å². The minimum Gasteiger partial charge on any atom is -0.369 e. The van der Waals surface area contributed by atoms with Crippen LogP contribution in [0.3, 0.4) is 0 Å². The molecule has 4 rings (SSSR count). The molecule has 3 aromatic rings. The average Bonchev–Trinajstić information content (AvgIpc) is 2.61. The zero-order valence-corrected chi connectivity index (χ0v) is 12.7.